The Morgan fingerprint density at radius 3 is 2.94 bits per heavy atom. The molecule has 0 spiro atoms. The molecule has 0 radical (unpaired) electrons. The van der Waals surface area contributed by atoms with E-state index in [1.807, 2.05) is 24.3 Å². The summed E-state index contributed by atoms with van der Waals surface area (Å²) in [5.41, 5.74) is 2.88. The second-order valence-electron chi connectivity index (χ2n) is 4.44. The maximum Gasteiger partial charge on any atom is 0.166 e. The van der Waals surface area contributed by atoms with E-state index in [0.717, 1.165) is 35.3 Å². The molecule has 0 aromatic heterocycles. The molecule has 0 N–H and O–H groups in total. The second-order valence-corrected chi connectivity index (χ2v) is 4.44. The highest BCUT2D eigenvalue weighted by Crippen LogP contribution is 2.41. The predicted octanol–water partition coefficient (Wildman–Crippen LogP) is 3.41. The van der Waals surface area contributed by atoms with Crippen molar-refractivity contribution in [1.29, 1.82) is 0 Å². The molecule has 2 aliphatic rings. The van der Waals surface area contributed by atoms with Crippen molar-refractivity contribution in [2.75, 3.05) is 0 Å². The number of fused-ring (bicyclic) bond motifs is 2. The minimum absolute atomic E-state index is 0.115. The van der Waals surface area contributed by atoms with Crippen LogP contribution in [-0.4, -0.2) is 5.78 Å². The topological polar surface area (TPSA) is 26.3 Å². The highest BCUT2D eigenvalue weighted by Gasteiger charge is 2.31. The van der Waals surface area contributed by atoms with E-state index < -0.39 is 0 Å². The molecule has 1 aromatic carbocycles. The van der Waals surface area contributed by atoms with Crippen LogP contribution in [0.15, 0.2) is 42.7 Å². The molecule has 1 heterocycles. The molecular weight excluding hydrogens is 212 g/mol. The van der Waals surface area contributed by atoms with Crippen LogP contribution in [0.5, 0.6) is 0 Å². The lowest BCUT2D eigenvalue weighted by Crippen LogP contribution is -2.20. The van der Waals surface area contributed by atoms with Gasteiger partial charge in [0.1, 0.15) is 11.9 Å². The van der Waals surface area contributed by atoms with Gasteiger partial charge in [0.25, 0.3) is 0 Å². The molecule has 0 fully saturated rings. The van der Waals surface area contributed by atoms with Crippen LogP contribution in [0.2, 0.25) is 0 Å². The van der Waals surface area contributed by atoms with Gasteiger partial charge in [-0.05, 0) is 18.1 Å². The van der Waals surface area contributed by atoms with E-state index in [1.54, 1.807) is 6.08 Å². The number of Topliss-reactive ketones (excluding diaryl/α,β-unsaturated/α-hetero) is 1. The molecule has 1 aliphatic heterocycles. The van der Waals surface area contributed by atoms with Crippen molar-refractivity contribution in [3.05, 3.63) is 53.8 Å². The fourth-order valence-electron chi connectivity index (χ4n) is 2.60. The molecule has 1 atom stereocenters. The Balaban J connectivity index is 2.22. The molecular formula is C15H14O2. The Bertz CT molecular complexity index is 525. The van der Waals surface area contributed by atoms with Crippen LogP contribution in [-0.2, 0) is 9.53 Å². The SMILES string of the molecule is C=CC1OC2=C(C(=O)CCC2)c2ccccc21. The monoisotopic (exact) mass is 226 g/mol. The molecule has 1 aliphatic carbocycles. The lowest BCUT2D eigenvalue weighted by atomic mass is 9.85. The maximum absolute atomic E-state index is 12.0. The Morgan fingerprint density at radius 1 is 1.29 bits per heavy atom. The number of hydrogen-bond donors (Lipinski definition) is 0. The van der Waals surface area contributed by atoms with Crippen molar-refractivity contribution in [2.24, 2.45) is 0 Å². The van der Waals surface area contributed by atoms with Gasteiger partial charge >= 0.3 is 0 Å². The molecule has 0 saturated carbocycles. The molecule has 0 amide bonds. The Hall–Kier alpha value is -1.83. The third-order valence-electron chi connectivity index (χ3n) is 3.39. The minimum Gasteiger partial charge on any atom is -0.485 e. The van der Waals surface area contributed by atoms with Crippen LogP contribution < -0.4 is 0 Å². The summed E-state index contributed by atoms with van der Waals surface area (Å²) < 4.78 is 5.88. The molecule has 2 heteroatoms. The molecule has 1 unspecified atom stereocenters. The number of carbonyl (C=O) groups is 1. The molecule has 1 aromatic rings. The fraction of sp³-hybridized carbons (Fsp3) is 0.267. The summed E-state index contributed by atoms with van der Waals surface area (Å²) in [6, 6.07) is 7.95. The molecule has 2 nitrogen and oxygen atoms in total. The van der Waals surface area contributed by atoms with Gasteiger partial charge in [0.05, 0.1) is 5.57 Å². The summed E-state index contributed by atoms with van der Waals surface area (Å²) >= 11 is 0. The number of hydrogen-bond acceptors (Lipinski definition) is 2. The van der Waals surface area contributed by atoms with Gasteiger partial charge in [0.15, 0.2) is 5.78 Å². The Labute approximate surface area is 101 Å². The number of carbonyl (C=O) groups excluding carboxylic acids is 1. The normalized spacial score (nSPS) is 22.6. The summed E-state index contributed by atoms with van der Waals surface area (Å²) in [5.74, 6) is 1.06. The number of allylic oxidation sites excluding steroid dienone is 2. The largest absolute Gasteiger partial charge is 0.485 e. The highest BCUT2D eigenvalue weighted by molar-refractivity contribution is 6.22. The van der Waals surface area contributed by atoms with Gasteiger partial charge < -0.3 is 4.74 Å². The average Bonchev–Trinajstić information content (AvgIpc) is 2.37. The average molecular weight is 226 g/mol. The number of benzene rings is 1. The van der Waals surface area contributed by atoms with Gasteiger partial charge in [-0.15, -0.1) is 0 Å². The van der Waals surface area contributed by atoms with Crippen molar-refractivity contribution >= 4 is 11.4 Å². The van der Waals surface area contributed by atoms with Crippen molar-refractivity contribution in [3.63, 3.8) is 0 Å². The third-order valence-corrected chi connectivity index (χ3v) is 3.39. The number of rotatable bonds is 1. The lowest BCUT2D eigenvalue weighted by molar-refractivity contribution is -0.114. The Kier molecular flexibility index (Phi) is 2.36. The first-order valence-electron chi connectivity index (χ1n) is 5.96. The summed E-state index contributed by atoms with van der Waals surface area (Å²) in [4.78, 5) is 12.0. The summed E-state index contributed by atoms with van der Waals surface area (Å²) in [6.07, 6.45) is 4.07. The maximum atomic E-state index is 12.0. The summed E-state index contributed by atoms with van der Waals surface area (Å²) in [6.45, 7) is 3.81. The number of ketones is 1. The van der Waals surface area contributed by atoms with Gasteiger partial charge in [0.2, 0.25) is 0 Å². The number of ether oxygens (including phenoxy) is 1. The fourth-order valence-corrected chi connectivity index (χ4v) is 2.60. The van der Waals surface area contributed by atoms with Crippen LogP contribution in [0.3, 0.4) is 0 Å². The van der Waals surface area contributed by atoms with Crippen molar-refractivity contribution < 1.29 is 9.53 Å². The smallest absolute Gasteiger partial charge is 0.166 e. The lowest BCUT2D eigenvalue weighted by Gasteiger charge is -2.31. The second kappa shape index (κ2) is 3.88. The quantitative estimate of drug-likeness (QED) is 0.686. The van der Waals surface area contributed by atoms with Crippen LogP contribution in [0, 0.1) is 0 Å². The van der Waals surface area contributed by atoms with Gasteiger partial charge in [-0.3, -0.25) is 4.79 Å². The van der Waals surface area contributed by atoms with E-state index in [0.29, 0.717) is 6.42 Å². The van der Waals surface area contributed by atoms with Crippen LogP contribution >= 0.6 is 0 Å². The van der Waals surface area contributed by atoms with Crippen LogP contribution in [0.1, 0.15) is 36.5 Å². The van der Waals surface area contributed by atoms with Crippen molar-refractivity contribution in [1.82, 2.24) is 0 Å². The first kappa shape index (κ1) is 10.3. The van der Waals surface area contributed by atoms with E-state index >= 15 is 0 Å². The zero-order valence-electron chi connectivity index (χ0n) is 9.61. The standard InChI is InChI=1S/C15H14O2/c1-2-13-10-6-3-4-7-11(10)15-12(16)8-5-9-14(15)17-13/h2-4,6-7,13H,1,5,8-9H2. The van der Waals surface area contributed by atoms with Crippen molar-refractivity contribution in [2.45, 2.75) is 25.4 Å². The van der Waals surface area contributed by atoms with Gasteiger partial charge in [-0.2, -0.15) is 0 Å². The first-order chi connectivity index (χ1) is 8.31. The van der Waals surface area contributed by atoms with Crippen molar-refractivity contribution in [3.8, 4) is 0 Å². The van der Waals surface area contributed by atoms with Gasteiger partial charge in [-0.25, -0.2) is 0 Å². The molecule has 0 saturated heterocycles. The van der Waals surface area contributed by atoms with Crippen LogP contribution in [0.25, 0.3) is 5.57 Å². The zero-order chi connectivity index (χ0) is 11.8. The van der Waals surface area contributed by atoms with E-state index in [-0.39, 0.29) is 11.9 Å². The van der Waals surface area contributed by atoms with E-state index in [9.17, 15) is 4.79 Å². The van der Waals surface area contributed by atoms with Gasteiger partial charge in [-0.1, -0.05) is 30.8 Å². The summed E-state index contributed by atoms with van der Waals surface area (Å²) in [5, 5.41) is 0. The zero-order valence-corrected chi connectivity index (χ0v) is 9.61. The molecule has 3 rings (SSSR count). The molecule has 17 heavy (non-hydrogen) atoms. The van der Waals surface area contributed by atoms with E-state index in [2.05, 4.69) is 6.58 Å². The Morgan fingerprint density at radius 2 is 2.12 bits per heavy atom. The first-order valence-corrected chi connectivity index (χ1v) is 5.96. The summed E-state index contributed by atoms with van der Waals surface area (Å²) in [7, 11) is 0. The minimum atomic E-state index is -0.115. The van der Waals surface area contributed by atoms with E-state index in [1.165, 1.54) is 0 Å². The predicted molar refractivity (Wildman–Crippen MR) is 66.2 cm³/mol. The van der Waals surface area contributed by atoms with Gasteiger partial charge in [0, 0.05) is 18.4 Å². The molecule has 86 valence electrons. The molecule has 0 bridgehead atoms. The van der Waals surface area contributed by atoms with E-state index in [4.69, 9.17) is 4.74 Å². The van der Waals surface area contributed by atoms with Crippen LogP contribution in [0.4, 0.5) is 0 Å². The third kappa shape index (κ3) is 1.52. The highest BCUT2D eigenvalue weighted by atomic mass is 16.5.